The lowest BCUT2D eigenvalue weighted by Crippen LogP contribution is -2.06. The lowest BCUT2D eigenvalue weighted by Gasteiger charge is -2.08. The summed E-state index contributed by atoms with van der Waals surface area (Å²) in [5.41, 5.74) is -0.134. The molecule has 0 aliphatic rings. The Morgan fingerprint density at radius 3 is 2.71 bits per heavy atom. The van der Waals surface area contributed by atoms with E-state index in [2.05, 4.69) is 25.1 Å². The number of nitrogens with one attached hydrogen (secondary N) is 1. The fourth-order valence-corrected chi connectivity index (χ4v) is 2.37. The molecule has 146 valence electrons. The van der Waals surface area contributed by atoms with E-state index in [1.165, 1.54) is 18.5 Å². The molecule has 0 spiro atoms. The van der Waals surface area contributed by atoms with Crippen molar-refractivity contribution >= 4 is 17.6 Å². The number of alkyl halides is 2. The van der Waals surface area contributed by atoms with Gasteiger partial charge in [0.25, 0.3) is 6.43 Å². The second-order valence-corrected chi connectivity index (χ2v) is 5.54. The van der Waals surface area contributed by atoms with Gasteiger partial charge in [-0.15, -0.1) is 0 Å². The van der Waals surface area contributed by atoms with E-state index in [9.17, 15) is 22.4 Å². The summed E-state index contributed by atoms with van der Waals surface area (Å²) < 4.78 is 58.5. The largest absolute Gasteiger partial charge is 0.465 e. The van der Waals surface area contributed by atoms with Gasteiger partial charge in [0.15, 0.2) is 5.82 Å². The number of carbonyl (C=O) groups excluding carboxylic acids is 1. The van der Waals surface area contributed by atoms with E-state index in [-0.39, 0.29) is 22.8 Å². The van der Waals surface area contributed by atoms with Crippen LogP contribution in [0.4, 0.5) is 29.2 Å². The zero-order valence-corrected chi connectivity index (χ0v) is 14.4. The average molecular weight is 395 g/mol. The van der Waals surface area contributed by atoms with E-state index < -0.39 is 30.6 Å². The van der Waals surface area contributed by atoms with Crippen molar-refractivity contribution < 1.29 is 27.1 Å². The first-order chi connectivity index (χ1) is 13.4. The highest BCUT2D eigenvalue weighted by atomic mass is 19.3. The van der Waals surface area contributed by atoms with Crippen LogP contribution >= 0.6 is 0 Å². The summed E-state index contributed by atoms with van der Waals surface area (Å²) in [6, 6.07) is 3.41. The van der Waals surface area contributed by atoms with Crippen molar-refractivity contribution in [2.45, 2.75) is 13.0 Å². The van der Waals surface area contributed by atoms with E-state index in [1.54, 1.807) is 0 Å². The van der Waals surface area contributed by atoms with Crippen molar-refractivity contribution in [3.05, 3.63) is 54.0 Å². The van der Waals surface area contributed by atoms with E-state index in [4.69, 9.17) is 0 Å². The molecule has 2 aromatic heterocycles. The molecule has 0 radical (unpaired) electrons. The Hall–Kier alpha value is -3.50. The molecule has 0 aliphatic carbocycles. The number of halogens is 4. The molecule has 7 nitrogen and oxygen atoms in total. The first kappa shape index (κ1) is 19.3. The number of carbonyl (C=O) groups is 1. The number of esters is 1. The topological polar surface area (TPSA) is 81.9 Å². The molecule has 28 heavy (non-hydrogen) atoms. The quantitative estimate of drug-likeness (QED) is 0.509. The molecule has 0 bridgehead atoms. The van der Waals surface area contributed by atoms with Crippen molar-refractivity contribution in [2.75, 3.05) is 12.4 Å². The van der Waals surface area contributed by atoms with Crippen LogP contribution in [0.2, 0.25) is 0 Å². The number of hydrogen-bond donors (Lipinski definition) is 1. The Morgan fingerprint density at radius 2 is 2.04 bits per heavy atom. The molecular formula is C17H13F4N5O2. The summed E-state index contributed by atoms with van der Waals surface area (Å²) in [4.78, 5) is 19.2. The summed E-state index contributed by atoms with van der Waals surface area (Å²) in [5.74, 6) is -2.63. The Kier molecular flexibility index (Phi) is 5.52. The molecule has 0 saturated heterocycles. The zero-order chi connectivity index (χ0) is 20.3. The summed E-state index contributed by atoms with van der Waals surface area (Å²) in [6.07, 6.45) is 0.896. The molecule has 0 atom stereocenters. The summed E-state index contributed by atoms with van der Waals surface area (Å²) in [5, 5.41) is 6.45. The maximum Gasteiger partial charge on any atom is 0.340 e. The predicted octanol–water partition coefficient (Wildman–Crippen LogP) is 3.41. The van der Waals surface area contributed by atoms with Crippen LogP contribution < -0.4 is 5.32 Å². The molecule has 11 heteroatoms. The third kappa shape index (κ3) is 4.24. The number of benzene rings is 1. The van der Waals surface area contributed by atoms with Gasteiger partial charge in [0, 0.05) is 11.8 Å². The van der Waals surface area contributed by atoms with Crippen LogP contribution in [0.5, 0.6) is 0 Å². The van der Waals surface area contributed by atoms with Gasteiger partial charge in [0.2, 0.25) is 5.95 Å². The second kappa shape index (κ2) is 8.03. The van der Waals surface area contributed by atoms with Crippen molar-refractivity contribution in [3.63, 3.8) is 0 Å². The van der Waals surface area contributed by atoms with Crippen LogP contribution in [0.1, 0.15) is 10.4 Å². The third-order valence-corrected chi connectivity index (χ3v) is 3.61. The van der Waals surface area contributed by atoms with Gasteiger partial charge in [-0.05, 0) is 12.1 Å². The summed E-state index contributed by atoms with van der Waals surface area (Å²) >= 11 is 0. The van der Waals surface area contributed by atoms with Crippen molar-refractivity contribution in [1.29, 1.82) is 0 Å². The van der Waals surface area contributed by atoms with Crippen molar-refractivity contribution in [3.8, 4) is 11.3 Å². The number of nitrogens with zero attached hydrogens (tertiary/aromatic N) is 4. The maximum absolute atomic E-state index is 14.1. The smallest absolute Gasteiger partial charge is 0.340 e. The first-order valence-corrected chi connectivity index (χ1v) is 7.85. The Bertz CT molecular complexity index is 1010. The van der Waals surface area contributed by atoms with Gasteiger partial charge in [-0.1, -0.05) is 6.07 Å². The summed E-state index contributed by atoms with van der Waals surface area (Å²) in [7, 11) is 1.11. The van der Waals surface area contributed by atoms with Crippen molar-refractivity contribution in [2.24, 2.45) is 0 Å². The van der Waals surface area contributed by atoms with E-state index in [0.717, 1.165) is 30.1 Å². The van der Waals surface area contributed by atoms with Gasteiger partial charge in [-0.3, -0.25) is 4.68 Å². The molecule has 3 aromatic rings. The third-order valence-electron chi connectivity index (χ3n) is 3.61. The number of aromatic nitrogens is 4. The van der Waals surface area contributed by atoms with Crippen molar-refractivity contribution in [1.82, 2.24) is 19.7 Å². The molecule has 0 saturated carbocycles. The normalized spacial score (nSPS) is 10.9. The minimum Gasteiger partial charge on any atom is -0.465 e. The second-order valence-electron chi connectivity index (χ2n) is 5.54. The van der Waals surface area contributed by atoms with E-state index in [0.29, 0.717) is 5.69 Å². The van der Waals surface area contributed by atoms with E-state index >= 15 is 0 Å². The molecular weight excluding hydrogens is 382 g/mol. The lowest BCUT2D eigenvalue weighted by atomic mass is 10.1. The fraction of sp³-hybridized carbons (Fsp3) is 0.176. The van der Waals surface area contributed by atoms with Gasteiger partial charge in [-0.25, -0.2) is 32.3 Å². The van der Waals surface area contributed by atoms with Crippen LogP contribution in [0.25, 0.3) is 11.3 Å². The molecule has 3 rings (SSSR count). The SMILES string of the molecule is COC(=O)c1ccc(-c2nc(Nc3cnn(CC(F)F)c3)ncc2F)cc1F. The molecule has 1 N–H and O–H groups in total. The van der Waals surface area contributed by atoms with Crippen LogP contribution in [-0.4, -0.2) is 39.3 Å². The van der Waals surface area contributed by atoms with Gasteiger partial charge < -0.3 is 10.1 Å². The van der Waals surface area contributed by atoms with Crippen LogP contribution in [-0.2, 0) is 11.3 Å². The molecule has 0 fully saturated rings. The van der Waals surface area contributed by atoms with Crippen LogP contribution in [0.15, 0.2) is 36.8 Å². The molecule has 0 amide bonds. The highest BCUT2D eigenvalue weighted by Crippen LogP contribution is 2.25. The van der Waals surface area contributed by atoms with Crippen LogP contribution in [0.3, 0.4) is 0 Å². The van der Waals surface area contributed by atoms with E-state index in [1.807, 2.05) is 0 Å². The first-order valence-electron chi connectivity index (χ1n) is 7.85. The number of ether oxygens (including phenoxy) is 1. The zero-order valence-electron chi connectivity index (χ0n) is 14.4. The molecule has 1 aromatic carbocycles. The minimum absolute atomic E-state index is 0.0505. The fourth-order valence-electron chi connectivity index (χ4n) is 2.37. The standard InChI is InChI=1S/C17H13F4N5O2/c1-28-16(27)11-3-2-9(4-12(11)18)15-13(19)6-22-17(25-15)24-10-5-23-26(7-10)8-14(20)21/h2-7,14H,8H2,1H3,(H,22,24,25). The Balaban J connectivity index is 1.86. The highest BCUT2D eigenvalue weighted by molar-refractivity contribution is 5.90. The Morgan fingerprint density at radius 1 is 1.25 bits per heavy atom. The lowest BCUT2D eigenvalue weighted by molar-refractivity contribution is 0.0595. The number of methoxy groups -OCH3 is 1. The predicted molar refractivity (Wildman–Crippen MR) is 90.2 cm³/mol. The van der Waals surface area contributed by atoms with Crippen LogP contribution in [0, 0.1) is 11.6 Å². The number of rotatable bonds is 6. The number of hydrogen-bond acceptors (Lipinski definition) is 6. The highest BCUT2D eigenvalue weighted by Gasteiger charge is 2.16. The average Bonchev–Trinajstić information content (AvgIpc) is 3.08. The minimum atomic E-state index is -2.57. The molecule has 0 unspecified atom stereocenters. The molecule has 2 heterocycles. The van der Waals surface area contributed by atoms with Gasteiger partial charge in [-0.2, -0.15) is 5.10 Å². The number of anilines is 2. The molecule has 0 aliphatic heterocycles. The van der Waals surface area contributed by atoms with Gasteiger partial charge in [0.1, 0.15) is 18.1 Å². The van der Waals surface area contributed by atoms with Gasteiger partial charge in [0.05, 0.1) is 30.8 Å². The monoisotopic (exact) mass is 395 g/mol. The maximum atomic E-state index is 14.1. The summed E-state index contributed by atoms with van der Waals surface area (Å²) in [6.45, 7) is -0.580. The van der Waals surface area contributed by atoms with Gasteiger partial charge >= 0.3 is 5.97 Å². The Labute approximate surface area is 156 Å².